The predicted octanol–water partition coefficient (Wildman–Crippen LogP) is 4.21. The average molecular weight is 423 g/mol. The molecule has 1 atom stereocenters. The highest BCUT2D eigenvalue weighted by Crippen LogP contribution is 2.33. The van der Waals surface area contributed by atoms with Crippen LogP contribution in [0.5, 0.6) is 0 Å². The molecule has 10 heteroatoms. The minimum Gasteiger partial charge on any atom is -0.407 e. The molecule has 27 heavy (non-hydrogen) atoms. The number of nitrogens with one attached hydrogen (secondary N) is 1. The van der Waals surface area contributed by atoms with Gasteiger partial charge in [-0.3, -0.25) is 14.9 Å². The van der Waals surface area contributed by atoms with Crippen LogP contribution in [0, 0.1) is 0 Å². The molecule has 1 aromatic carbocycles. The first-order valence-corrected chi connectivity index (χ1v) is 9.53. The summed E-state index contributed by atoms with van der Waals surface area (Å²) in [6, 6.07) is 10.8. The van der Waals surface area contributed by atoms with Crippen molar-refractivity contribution in [1.29, 1.82) is 0 Å². The largest absolute Gasteiger partial charge is 0.407 e. The summed E-state index contributed by atoms with van der Waals surface area (Å²) >= 11 is 12.9. The van der Waals surface area contributed by atoms with E-state index >= 15 is 0 Å². The number of aromatic nitrogens is 2. The molecule has 0 radical (unpaired) electrons. The Labute approximate surface area is 167 Å². The zero-order valence-corrected chi connectivity index (χ0v) is 16.0. The number of carbonyl (C=O) groups excluding carboxylic acids is 2. The monoisotopic (exact) mass is 422 g/mol. The van der Waals surface area contributed by atoms with E-state index in [1.165, 1.54) is 6.07 Å². The number of anilines is 2. The predicted molar refractivity (Wildman–Crippen MR) is 103 cm³/mol. The third-order valence-corrected chi connectivity index (χ3v) is 5.59. The zero-order valence-electron chi connectivity index (χ0n) is 13.7. The number of halogens is 2. The van der Waals surface area contributed by atoms with E-state index in [1.54, 1.807) is 4.90 Å². The van der Waals surface area contributed by atoms with Crippen LogP contribution in [0.1, 0.15) is 28.6 Å². The summed E-state index contributed by atoms with van der Waals surface area (Å²) in [5.41, 5.74) is 1.06. The minimum atomic E-state index is -0.494. The second-order valence-corrected chi connectivity index (χ2v) is 8.16. The molecule has 138 valence electrons. The highest BCUT2D eigenvalue weighted by molar-refractivity contribution is 7.20. The summed E-state index contributed by atoms with van der Waals surface area (Å²) in [7, 11) is 0. The molecule has 1 aliphatic heterocycles. The summed E-state index contributed by atoms with van der Waals surface area (Å²) in [6.45, 7) is 0.435. The Bertz CT molecular complexity index is 1000. The molecule has 0 saturated carbocycles. The Balaban J connectivity index is 1.46. The summed E-state index contributed by atoms with van der Waals surface area (Å²) < 4.78 is 6.21. The maximum atomic E-state index is 12.3. The second-order valence-electron chi connectivity index (χ2n) is 5.88. The van der Waals surface area contributed by atoms with E-state index in [0.717, 1.165) is 17.0 Å². The van der Waals surface area contributed by atoms with E-state index in [1.807, 2.05) is 30.3 Å². The smallest absolute Gasteiger partial charge is 0.322 e. The topological polar surface area (TPSA) is 88.3 Å². The van der Waals surface area contributed by atoms with E-state index in [0.29, 0.717) is 16.8 Å². The van der Waals surface area contributed by atoms with E-state index in [4.69, 9.17) is 27.6 Å². The molecule has 1 saturated heterocycles. The summed E-state index contributed by atoms with van der Waals surface area (Å²) in [4.78, 5) is 26.2. The van der Waals surface area contributed by atoms with Gasteiger partial charge in [0.05, 0.1) is 15.8 Å². The lowest BCUT2D eigenvalue weighted by atomic mass is 10.1. The summed E-state index contributed by atoms with van der Waals surface area (Å²) in [5, 5.41) is 10.3. The lowest BCUT2D eigenvalue weighted by molar-refractivity contribution is -0.117. The number of rotatable bonds is 4. The van der Waals surface area contributed by atoms with Crippen molar-refractivity contribution in [3.8, 4) is 0 Å². The highest BCUT2D eigenvalue weighted by Gasteiger charge is 2.35. The van der Waals surface area contributed by atoms with Crippen LogP contribution < -0.4 is 10.2 Å². The number of para-hydroxylation sites is 1. The van der Waals surface area contributed by atoms with Crippen molar-refractivity contribution in [1.82, 2.24) is 10.2 Å². The first-order valence-electron chi connectivity index (χ1n) is 7.96. The molecule has 3 aromatic rings. The average Bonchev–Trinajstić information content (AvgIpc) is 3.34. The Hall–Kier alpha value is -2.42. The van der Waals surface area contributed by atoms with Gasteiger partial charge in [0.1, 0.15) is 4.34 Å². The number of amides is 2. The first kappa shape index (κ1) is 18.0. The molecule has 0 aliphatic carbocycles. The number of benzene rings is 1. The molecule has 2 aromatic heterocycles. The molecule has 7 nitrogen and oxygen atoms in total. The number of carbonyl (C=O) groups is 2. The Morgan fingerprint density at radius 3 is 2.74 bits per heavy atom. The summed E-state index contributed by atoms with van der Waals surface area (Å²) in [6.07, 6.45) is 0.260. The molecular formula is C17H12Cl2N4O3S. The number of nitrogens with zero attached hydrogens (tertiary/aromatic N) is 3. The van der Waals surface area contributed by atoms with Gasteiger partial charge in [0.25, 0.3) is 5.91 Å². The van der Waals surface area contributed by atoms with Gasteiger partial charge in [-0.15, -0.1) is 16.4 Å². The van der Waals surface area contributed by atoms with Crippen molar-refractivity contribution in [3.05, 3.63) is 56.5 Å². The van der Waals surface area contributed by atoms with Crippen LogP contribution in [-0.2, 0) is 4.79 Å². The standard InChI is InChI=1S/C17H12Cl2N4O3S/c18-12-7-11(14(19)27-12)15(25)20-17-22-21-16(26-17)9-6-13(24)23(8-9)10-4-2-1-3-5-10/h1-5,7,9H,6,8H2,(H,20,22,25)/t9-/m1/s1. The SMILES string of the molecule is O=C(Nc1nnc([C@@H]2CC(=O)N(c3ccccc3)C2)o1)c1cc(Cl)sc1Cl. The van der Waals surface area contributed by atoms with E-state index in [9.17, 15) is 9.59 Å². The van der Waals surface area contributed by atoms with Crippen LogP contribution in [0.3, 0.4) is 0 Å². The van der Waals surface area contributed by atoms with Gasteiger partial charge in [0, 0.05) is 18.7 Å². The van der Waals surface area contributed by atoms with E-state index in [2.05, 4.69) is 15.5 Å². The van der Waals surface area contributed by atoms with Crippen LogP contribution in [-0.4, -0.2) is 28.6 Å². The number of hydrogen-bond acceptors (Lipinski definition) is 6. The van der Waals surface area contributed by atoms with E-state index in [-0.39, 0.29) is 34.2 Å². The quantitative estimate of drug-likeness (QED) is 0.679. The molecule has 3 heterocycles. The second kappa shape index (κ2) is 7.30. The Kier molecular flexibility index (Phi) is 4.86. The summed E-state index contributed by atoms with van der Waals surface area (Å²) in [5.74, 6) is -0.456. The lowest BCUT2D eigenvalue weighted by Gasteiger charge is -2.15. The van der Waals surface area contributed by atoms with Crippen molar-refractivity contribution in [2.75, 3.05) is 16.8 Å². The molecule has 2 amide bonds. The van der Waals surface area contributed by atoms with Crippen LogP contribution in [0.4, 0.5) is 11.7 Å². The number of hydrogen-bond donors (Lipinski definition) is 1. The molecule has 4 rings (SSSR count). The van der Waals surface area contributed by atoms with Gasteiger partial charge in [-0.2, -0.15) is 0 Å². The van der Waals surface area contributed by atoms with Gasteiger partial charge in [-0.25, -0.2) is 0 Å². The third-order valence-electron chi connectivity index (χ3n) is 4.10. The lowest BCUT2D eigenvalue weighted by Crippen LogP contribution is -2.24. The number of thiophene rings is 1. The van der Waals surface area contributed by atoms with Crippen LogP contribution in [0.25, 0.3) is 0 Å². The Morgan fingerprint density at radius 1 is 1.26 bits per heavy atom. The Morgan fingerprint density at radius 2 is 2.04 bits per heavy atom. The van der Waals surface area contributed by atoms with Crippen molar-refractivity contribution < 1.29 is 14.0 Å². The fraction of sp³-hybridized carbons (Fsp3) is 0.176. The van der Waals surface area contributed by atoms with Gasteiger partial charge in [0.2, 0.25) is 11.8 Å². The van der Waals surface area contributed by atoms with Crippen molar-refractivity contribution in [2.45, 2.75) is 12.3 Å². The van der Waals surface area contributed by atoms with Crippen molar-refractivity contribution >= 4 is 58.1 Å². The van der Waals surface area contributed by atoms with Gasteiger partial charge >= 0.3 is 6.01 Å². The van der Waals surface area contributed by atoms with Crippen LogP contribution >= 0.6 is 34.5 Å². The van der Waals surface area contributed by atoms with Crippen molar-refractivity contribution in [3.63, 3.8) is 0 Å². The maximum Gasteiger partial charge on any atom is 0.322 e. The van der Waals surface area contributed by atoms with Crippen molar-refractivity contribution in [2.24, 2.45) is 0 Å². The van der Waals surface area contributed by atoms with Crippen LogP contribution in [0.15, 0.2) is 40.8 Å². The molecule has 1 fully saturated rings. The minimum absolute atomic E-state index is 0.0188. The third kappa shape index (κ3) is 3.69. The normalized spacial score (nSPS) is 16.7. The molecule has 1 N–H and O–H groups in total. The van der Waals surface area contributed by atoms with Gasteiger partial charge in [-0.1, -0.05) is 46.5 Å². The van der Waals surface area contributed by atoms with Gasteiger partial charge in [0.15, 0.2) is 0 Å². The zero-order chi connectivity index (χ0) is 19.0. The molecular weight excluding hydrogens is 411 g/mol. The van der Waals surface area contributed by atoms with Gasteiger partial charge in [-0.05, 0) is 18.2 Å². The fourth-order valence-corrected chi connectivity index (χ4v) is 4.30. The fourth-order valence-electron chi connectivity index (χ4n) is 2.84. The van der Waals surface area contributed by atoms with E-state index < -0.39 is 5.91 Å². The van der Waals surface area contributed by atoms with Gasteiger partial charge < -0.3 is 9.32 Å². The highest BCUT2D eigenvalue weighted by atomic mass is 35.5. The maximum absolute atomic E-state index is 12.3. The molecule has 1 aliphatic rings. The van der Waals surface area contributed by atoms with Crippen LogP contribution in [0.2, 0.25) is 8.67 Å². The first-order chi connectivity index (χ1) is 13.0. The molecule has 0 unspecified atom stereocenters. The molecule has 0 spiro atoms. The molecule has 0 bridgehead atoms.